The molecule has 0 aliphatic heterocycles. The Hall–Kier alpha value is -0.870. The molecule has 0 aromatic carbocycles. The highest BCUT2D eigenvalue weighted by Crippen LogP contribution is 2.19. The fourth-order valence-corrected chi connectivity index (χ4v) is 2.02. The monoisotopic (exact) mass is 236 g/mol. The molecule has 4 nitrogen and oxygen atoms in total. The van der Waals surface area contributed by atoms with Gasteiger partial charge in [-0.3, -0.25) is 0 Å². The lowest BCUT2D eigenvalue weighted by Gasteiger charge is -2.18. The Morgan fingerprint density at radius 2 is 2.18 bits per heavy atom. The lowest BCUT2D eigenvalue weighted by atomic mass is 10.4. The molecular weight excluding hydrogens is 212 g/mol. The number of imidazole rings is 1. The lowest BCUT2D eigenvalue weighted by molar-refractivity contribution is 0.288. The number of hydrogen-bond acceptors (Lipinski definition) is 3. The Labute approximate surface area is 104 Å². The molecule has 1 aliphatic carbocycles. The molecule has 4 heteroatoms. The van der Waals surface area contributed by atoms with Crippen LogP contribution in [0.2, 0.25) is 0 Å². The average Bonchev–Trinajstić information content (AvgIpc) is 3.08. The van der Waals surface area contributed by atoms with Crippen molar-refractivity contribution in [3.05, 3.63) is 18.2 Å². The number of likely N-dealkylation sites (N-methyl/N-ethyl adjacent to an activating group) is 1. The smallest absolute Gasteiger partial charge is 0.122 e. The Balaban J connectivity index is 1.80. The highest BCUT2D eigenvalue weighted by molar-refractivity contribution is 4.94. The summed E-state index contributed by atoms with van der Waals surface area (Å²) < 4.78 is 2.27. The van der Waals surface area contributed by atoms with Crippen LogP contribution >= 0.6 is 0 Å². The van der Waals surface area contributed by atoms with E-state index in [4.69, 9.17) is 0 Å². The molecule has 1 fully saturated rings. The molecule has 2 rings (SSSR count). The van der Waals surface area contributed by atoms with Gasteiger partial charge in [-0.2, -0.15) is 0 Å². The van der Waals surface area contributed by atoms with Crippen LogP contribution in [0.4, 0.5) is 0 Å². The Kier molecular flexibility index (Phi) is 4.57. The van der Waals surface area contributed by atoms with Gasteiger partial charge in [-0.1, -0.05) is 13.8 Å². The number of rotatable bonds is 8. The third-order valence-electron chi connectivity index (χ3n) is 3.48. The van der Waals surface area contributed by atoms with E-state index in [9.17, 15) is 0 Å². The number of nitrogens with zero attached hydrogens (tertiary/aromatic N) is 3. The highest BCUT2D eigenvalue weighted by atomic mass is 15.2. The predicted molar refractivity (Wildman–Crippen MR) is 69.9 cm³/mol. The Morgan fingerprint density at radius 1 is 1.41 bits per heavy atom. The highest BCUT2D eigenvalue weighted by Gasteiger charge is 2.20. The maximum absolute atomic E-state index is 4.43. The fourth-order valence-electron chi connectivity index (χ4n) is 2.02. The van der Waals surface area contributed by atoms with E-state index < -0.39 is 0 Å². The molecule has 0 bridgehead atoms. The summed E-state index contributed by atoms with van der Waals surface area (Å²) in [6, 6.07) is 0.753. The van der Waals surface area contributed by atoms with Crippen LogP contribution in [0.5, 0.6) is 0 Å². The molecule has 0 unspecified atom stereocenters. The third-order valence-corrected chi connectivity index (χ3v) is 3.48. The van der Waals surface area contributed by atoms with Gasteiger partial charge in [-0.25, -0.2) is 4.98 Å². The molecule has 1 aromatic rings. The molecule has 0 radical (unpaired) electrons. The van der Waals surface area contributed by atoms with E-state index >= 15 is 0 Å². The van der Waals surface area contributed by atoms with Gasteiger partial charge in [-0.15, -0.1) is 0 Å². The van der Waals surface area contributed by atoms with Crippen LogP contribution in [0.1, 0.15) is 32.5 Å². The van der Waals surface area contributed by atoms with Crippen LogP contribution in [0.25, 0.3) is 0 Å². The van der Waals surface area contributed by atoms with Gasteiger partial charge in [0.05, 0.1) is 6.54 Å². The van der Waals surface area contributed by atoms with Crippen LogP contribution in [0.3, 0.4) is 0 Å². The summed E-state index contributed by atoms with van der Waals surface area (Å²) >= 11 is 0. The zero-order valence-corrected chi connectivity index (χ0v) is 11.0. The van der Waals surface area contributed by atoms with E-state index in [1.807, 2.05) is 6.20 Å². The first-order valence-corrected chi connectivity index (χ1v) is 6.79. The standard InChI is InChI=1S/C13H24N4/c1-3-16(4-2)9-10-17-8-7-14-13(17)11-15-12-5-6-12/h7-8,12,15H,3-6,9-11H2,1-2H3. The van der Waals surface area contributed by atoms with E-state index in [2.05, 4.69) is 39.8 Å². The second-order valence-electron chi connectivity index (χ2n) is 4.72. The summed E-state index contributed by atoms with van der Waals surface area (Å²) in [5.41, 5.74) is 0. The number of hydrogen-bond donors (Lipinski definition) is 1. The van der Waals surface area contributed by atoms with Crippen molar-refractivity contribution in [2.24, 2.45) is 0 Å². The largest absolute Gasteiger partial charge is 0.333 e. The third kappa shape index (κ3) is 3.82. The van der Waals surface area contributed by atoms with Gasteiger partial charge >= 0.3 is 0 Å². The number of aromatic nitrogens is 2. The zero-order chi connectivity index (χ0) is 12.1. The minimum absolute atomic E-state index is 0.753. The van der Waals surface area contributed by atoms with Crippen molar-refractivity contribution in [3.63, 3.8) is 0 Å². The first-order valence-electron chi connectivity index (χ1n) is 6.79. The second kappa shape index (κ2) is 6.17. The predicted octanol–water partition coefficient (Wildman–Crippen LogP) is 1.48. The molecule has 1 saturated carbocycles. The van der Waals surface area contributed by atoms with E-state index in [-0.39, 0.29) is 0 Å². The van der Waals surface area contributed by atoms with Gasteiger partial charge in [0.1, 0.15) is 5.82 Å². The summed E-state index contributed by atoms with van der Waals surface area (Å²) in [4.78, 5) is 6.87. The minimum Gasteiger partial charge on any atom is -0.333 e. The van der Waals surface area contributed by atoms with E-state index in [1.165, 1.54) is 18.7 Å². The maximum atomic E-state index is 4.43. The first-order chi connectivity index (χ1) is 8.33. The normalized spacial score (nSPS) is 15.7. The van der Waals surface area contributed by atoms with Crippen molar-refractivity contribution in [2.45, 2.75) is 45.8 Å². The summed E-state index contributed by atoms with van der Waals surface area (Å²) in [6.07, 6.45) is 6.67. The zero-order valence-electron chi connectivity index (χ0n) is 11.0. The van der Waals surface area contributed by atoms with E-state index in [1.54, 1.807) is 0 Å². The molecule has 1 aromatic heterocycles. The van der Waals surface area contributed by atoms with Crippen LogP contribution in [-0.4, -0.2) is 40.1 Å². The summed E-state index contributed by atoms with van der Waals surface area (Å²) in [7, 11) is 0. The molecule has 0 amide bonds. The molecular formula is C13H24N4. The fraction of sp³-hybridized carbons (Fsp3) is 0.769. The van der Waals surface area contributed by atoms with E-state index in [0.717, 1.165) is 38.8 Å². The van der Waals surface area contributed by atoms with Gasteiger partial charge in [0, 0.05) is 31.5 Å². The number of nitrogens with one attached hydrogen (secondary N) is 1. The lowest BCUT2D eigenvalue weighted by Crippen LogP contribution is -2.28. The summed E-state index contributed by atoms with van der Waals surface area (Å²) in [5, 5.41) is 3.52. The van der Waals surface area contributed by atoms with Crippen molar-refractivity contribution in [1.82, 2.24) is 19.8 Å². The molecule has 1 N–H and O–H groups in total. The first kappa shape index (κ1) is 12.6. The van der Waals surface area contributed by atoms with Crippen molar-refractivity contribution in [3.8, 4) is 0 Å². The van der Waals surface area contributed by atoms with E-state index in [0.29, 0.717) is 0 Å². The molecule has 17 heavy (non-hydrogen) atoms. The molecule has 96 valence electrons. The molecule has 0 saturated heterocycles. The van der Waals surface area contributed by atoms with Crippen LogP contribution in [-0.2, 0) is 13.1 Å². The van der Waals surface area contributed by atoms with Crippen LogP contribution in [0, 0.1) is 0 Å². The summed E-state index contributed by atoms with van der Waals surface area (Å²) in [6.45, 7) is 9.75. The van der Waals surface area contributed by atoms with Crippen molar-refractivity contribution < 1.29 is 0 Å². The van der Waals surface area contributed by atoms with Crippen LogP contribution in [0.15, 0.2) is 12.4 Å². The maximum Gasteiger partial charge on any atom is 0.122 e. The average molecular weight is 236 g/mol. The van der Waals surface area contributed by atoms with Crippen molar-refractivity contribution in [2.75, 3.05) is 19.6 Å². The van der Waals surface area contributed by atoms with Gasteiger partial charge in [0.15, 0.2) is 0 Å². The van der Waals surface area contributed by atoms with Crippen LogP contribution < -0.4 is 5.32 Å². The molecule has 0 atom stereocenters. The molecule has 1 heterocycles. The van der Waals surface area contributed by atoms with Gasteiger partial charge < -0.3 is 14.8 Å². The minimum atomic E-state index is 0.753. The van der Waals surface area contributed by atoms with Gasteiger partial charge in [0.25, 0.3) is 0 Å². The quantitative estimate of drug-likeness (QED) is 0.742. The van der Waals surface area contributed by atoms with Crippen molar-refractivity contribution >= 4 is 0 Å². The Morgan fingerprint density at radius 3 is 2.82 bits per heavy atom. The molecule has 1 aliphatic rings. The molecule has 0 spiro atoms. The summed E-state index contributed by atoms with van der Waals surface area (Å²) in [5.74, 6) is 1.17. The SMILES string of the molecule is CCN(CC)CCn1ccnc1CNC1CC1. The Bertz CT molecular complexity index is 326. The van der Waals surface area contributed by atoms with Gasteiger partial charge in [0.2, 0.25) is 0 Å². The van der Waals surface area contributed by atoms with Crippen molar-refractivity contribution in [1.29, 1.82) is 0 Å². The topological polar surface area (TPSA) is 33.1 Å². The second-order valence-corrected chi connectivity index (χ2v) is 4.72. The van der Waals surface area contributed by atoms with Gasteiger partial charge in [-0.05, 0) is 25.9 Å².